The summed E-state index contributed by atoms with van der Waals surface area (Å²) in [5, 5.41) is 9.38. The van der Waals surface area contributed by atoms with E-state index in [9.17, 15) is 27.5 Å². The van der Waals surface area contributed by atoms with Gasteiger partial charge in [-0.25, -0.2) is 4.39 Å². The van der Waals surface area contributed by atoms with Crippen LogP contribution in [0.3, 0.4) is 0 Å². The Kier molecular flexibility index (Phi) is 4.45. The molecule has 0 bridgehead atoms. The van der Waals surface area contributed by atoms with E-state index in [1.807, 2.05) is 25.7 Å². The van der Waals surface area contributed by atoms with Gasteiger partial charge in [0.15, 0.2) is 0 Å². The highest BCUT2D eigenvalue weighted by Crippen LogP contribution is 2.38. The molecular formula is C16H19F4NO2. The molecule has 1 fully saturated rings. The maximum Gasteiger partial charge on any atom is 0.419 e. The molecule has 1 aliphatic heterocycles. The van der Waals surface area contributed by atoms with Gasteiger partial charge in [0.05, 0.1) is 11.5 Å². The SMILES string of the molecule is CC(C)(C)N1C[C@@H](C(=O)O)[C@H](c2ccc(C(F)(F)F)c(F)c2)C1. The number of halogens is 4. The highest BCUT2D eigenvalue weighted by atomic mass is 19.4. The fraction of sp³-hybridized carbons (Fsp3) is 0.562. The summed E-state index contributed by atoms with van der Waals surface area (Å²) in [6.45, 7) is 6.45. The van der Waals surface area contributed by atoms with Gasteiger partial charge in [-0.15, -0.1) is 0 Å². The Bertz CT molecular complexity index is 607. The van der Waals surface area contributed by atoms with Gasteiger partial charge < -0.3 is 5.11 Å². The Hall–Kier alpha value is -1.63. The van der Waals surface area contributed by atoms with Crippen LogP contribution in [0.25, 0.3) is 0 Å². The van der Waals surface area contributed by atoms with Crippen molar-refractivity contribution in [2.24, 2.45) is 5.92 Å². The van der Waals surface area contributed by atoms with E-state index in [-0.39, 0.29) is 17.6 Å². The van der Waals surface area contributed by atoms with Gasteiger partial charge in [-0.05, 0) is 38.5 Å². The van der Waals surface area contributed by atoms with Crippen molar-refractivity contribution in [2.45, 2.75) is 38.4 Å². The molecule has 0 saturated carbocycles. The number of carboxylic acids is 1. The molecule has 23 heavy (non-hydrogen) atoms. The van der Waals surface area contributed by atoms with Gasteiger partial charge >= 0.3 is 12.1 Å². The third-order valence-electron chi connectivity index (χ3n) is 4.31. The highest BCUT2D eigenvalue weighted by molar-refractivity contribution is 5.72. The number of benzene rings is 1. The summed E-state index contributed by atoms with van der Waals surface area (Å²) in [7, 11) is 0. The third-order valence-corrected chi connectivity index (χ3v) is 4.31. The molecule has 0 aliphatic carbocycles. The van der Waals surface area contributed by atoms with Crippen LogP contribution in [0.4, 0.5) is 17.6 Å². The van der Waals surface area contributed by atoms with Crippen molar-refractivity contribution in [2.75, 3.05) is 13.1 Å². The van der Waals surface area contributed by atoms with Gasteiger partial charge in [0.25, 0.3) is 0 Å². The zero-order chi connectivity index (χ0) is 17.6. The number of nitrogens with zero attached hydrogens (tertiary/aromatic N) is 1. The van der Waals surface area contributed by atoms with E-state index >= 15 is 0 Å². The summed E-state index contributed by atoms with van der Waals surface area (Å²) in [6.07, 6.45) is -4.76. The van der Waals surface area contributed by atoms with Crippen LogP contribution in [-0.4, -0.2) is 34.6 Å². The minimum Gasteiger partial charge on any atom is -0.481 e. The van der Waals surface area contributed by atoms with Gasteiger partial charge in [0.1, 0.15) is 5.82 Å². The minimum atomic E-state index is -4.76. The van der Waals surface area contributed by atoms with Crippen LogP contribution in [0.2, 0.25) is 0 Å². The maximum atomic E-state index is 13.8. The first-order valence-electron chi connectivity index (χ1n) is 7.25. The largest absolute Gasteiger partial charge is 0.481 e. The molecule has 0 unspecified atom stereocenters. The fourth-order valence-electron chi connectivity index (χ4n) is 2.93. The van der Waals surface area contributed by atoms with Gasteiger partial charge in [0.2, 0.25) is 0 Å². The number of aliphatic carboxylic acids is 1. The predicted molar refractivity (Wildman–Crippen MR) is 76.6 cm³/mol. The molecule has 2 rings (SSSR count). The molecule has 0 amide bonds. The Balaban J connectivity index is 2.36. The molecule has 1 aliphatic rings. The summed E-state index contributed by atoms with van der Waals surface area (Å²) in [5.74, 6) is -3.70. The number of hydrogen-bond acceptors (Lipinski definition) is 2. The summed E-state index contributed by atoms with van der Waals surface area (Å²) < 4.78 is 51.7. The van der Waals surface area contributed by atoms with Gasteiger partial charge in [-0.2, -0.15) is 13.2 Å². The van der Waals surface area contributed by atoms with Crippen LogP contribution in [0, 0.1) is 11.7 Å². The van der Waals surface area contributed by atoms with Crippen LogP contribution < -0.4 is 0 Å². The zero-order valence-corrected chi connectivity index (χ0v) is 13.1. The summed E-state index contributed by atoms with van der Waals surface area (Å²) in [4.78, 5) is 13.4. The number of alkyl halides is 3. The molecule has 1 aromatic carbocycles. The zero-order valence-electron chi connectivity index (χ0n) is 13.1. The molecule has 1 saturated heterocycles. The lowest BCUT2D eigenvalue weighted by atomic mass is 9.88. The van der Waals surface area contributed by atoms with Crippen molar-refractivity contribution in [3.8, 4) is 0 Å². The molecule has 1 heterocycles. The Labute approximate surface area is 131 Å². The van der Waals surface area contributed by atoms with Crippen molar-refractivity contribution in [1.82, 2.24) is 4.90 Å². The maximum absolute atomic E-state index is 13.8. The standard InChI is InChI=1S/C16H19F4NO2/c1-15(2,3)21-7-10(11(8-21)14(22)23)9-4-5-12(13(17)6-9)16(18,19)20/h4-6,10-11H,7-8H2,1-3H3,(H,22,23)/t10-,11+/m0/s1. The molecule has 2 atom stereocenters. The molecule has 0 spiro atoms. The topological polar surface area (TPSA) is 40.5 Å². The summed E-state index contributed by atoms with van der Waals surface area (Å²) in [5.41, 5.74) is -1.32. The molecule has 1 aromatic rings. The van der Waals surface area contributed by atoms with Gasteiger partial charge in [0, 0.05) is 24.5 Å². The van der Waals surface area contributed by atoms with Crippen LogP contribution in [0.1, 0.15) is 37.8 Å². The van der Waals surface area contributed by atoms with Crippen LogP contribution in [0.15, 0.2) is 18.2 Å². The quantitative estimate of drug-likeness (QED) is 0.838. The molecule has 0 radical (unpaired) electrons. The van der Waals surface area contributed by atoms with Crippen LogP contribution in [0.5, 0.6) is 0 Å². The number of rotatable bonds is 2. The Morgan fingerprint density at radius 3 is 2.26 bits per heavy atom. The van der Waals surface area contributed by atoms with Gasteiger partial charge in [-0.1, -0.05) is 6.07 Å². The van der Waals surface area contributed by atoms with Crippen molar-refractivity contribution < 1.29 is 27.5 Å². The highest BCUT2D eigenvalue weighted by Gasteiger charge is 2.43. The lowest BCUT2D eigenvalue weighted by Gasteiger charge is -2.31. The average Bonchev–Trinajstić information content (AvgIpc) is 2.81. The first-order valence-corrected chi connectivity index (χ1v) is 7.25. The van der Waals surface area contributed by atoms with Crippen LogP contribution in [-0.2, 0) is 11.0 Å². The van der Waals surface area contributed by atoms with Gasteiger partial charge in [-0.3, -0.25) is 9.69 Å². The second-order valence-electron chi connectivity index (χ2n) is 6.86. The molecule has 7 heteroatoms. The lowest BCUT2D eigenvalue weighted by molar-refractivity contribution is -0.142. The molecule has 128 valence electrons. The Morgan fingerprint density at radius 2 is 1.83 bits per heavy atom. The summed E-state index contributed by atoms with van der Waals surface area (Å²) in [6, 6.07) is 2.68. The van der Waals surface area contributed by atoms with E-state index in [1.165, 1.54) is 6.07 Å². The first-order chi connectivity index (χ1) is 10.4. The lowest BCUT2D eigenvalue weighted by Crippen LogP contribution is -2.40. The normalized spacial score (nSPS) is 23.3. The molecular weight excluding hydrogens is 314 g/mol. The smallest absolute Gasteiger partial charge is 0.419 e. The number of likely N-dealkylation sites (tertiary alicyclic amines) is 1. The third kappa shape index (κ3) is 3.65. The first kappa shape index (κ1) is 17.7. The van der Waals surface area contributed by atoms with Crippen molar-refractivity contribution >= 4 is 5.97 Å². The van der Waals surface area contributed by atoms with Crippen molar-refractivity contribution in [3.63, 3.8) is 0 Å². The molecule has 1 N–H and O–H groups in total. The fourth-order valence-corrected chi connectivity index (χ4v) is 2.93. The van der Waals surface area contributed by atoms with E-state index in [4.69, 9.17) is 0 Å². The monoisotopic (exact) mass is 333 g/mol. The molecule has 0 aromatic heterocycles. The van der Waals surface area contributed by atoms with E-state index in [0.717, 1.165) is 6.07 Å². The number of hydrogen-bond donors (Lipinski definition) is 1. The van der Waals surface area contributed by atoms with Crippen molar-refractivity contribution in [1.29, 1.82) is 0 Å². The van der Waals surface area contributed by atoms with E-state index < -0.39 is 35.4 Å². The second kappa shape index (κ2) is 5.78. The minimum absolute atomic E-state index is 0.271. The number of carbonyl (C=O) groups is 1. The predicted octanol–water partition coefficient (Wildman–Crippen LogP) is 3.74. The summed E-state index contributed by atoms with van der Waals surface area (Å²) >= 11 is 0. The average molecular weight is 333 g/mol. The van der Waals surface area contributed by atoms with E-state index in [2.05, 4.69) is 0 Å². The Morgan fingerprint density at radius 1 is 1.22 bits per heavy atom. The molecule has 3 nitrogen and oxygen atoms in total. The number of carboxylic acid groups (broad SMARTS) is 1. The second-order valence-corrected chi connectivity index (χ2v) is 6.86. The van der Waals surface area contributed by atoms with Crippen molar-refractivity contribution in [3.05, 3.63) is 35.1 Å². The van der Waals surface area contributed by atoms with E-state index in [1.54, 1.807) is 0 Å². The van der Waals surface area contributed by atoms with Crippen LogP contribution >= 0.6 is 0 Å². The van der Waals surface area contributed by atoms with E-state index in [0.29, 0.717) is 12.6 Å².